The fourth-order valence-electron chi connectivity index (χ4n) is 2.17. The molecule has 5 nitrogen and oxygen atoms in total. The van der Waals surface area contributed by atoms with Crippen molar-refractivity contribution in [2.45, 2.75) is 33.8 Å². The molecule has 1 aromatic rings. The highest BCUT2D eigenvalue weighted by molar-refractivity contribution is 6.39. The van der Waals surface area contributed by atoms with Gasteiger partial charge >= 0.3 is 11.8 Å². The molecule has 0 fully saturated rings. The van der Waals surface area contributed by atoms with E-state index >= 15 is 0 Å². The van der Waals surface area contributed by atoms with Gasteiger partial charge in [0.2, 0.25) is 0 Å². The van der Waals surface area contributed by atoms with Crippen molar-refractivity contribution in [3.8, 4) is 0 Å². The number of rotatable bonds is 5. The summed E-state index contributed by atoms with van der Waals surface area (Å²) in [5, 5.41) is 14.6. The lowest BCUT2D eigenvalue weighted by Crippen LogP contribution is -2.46. The first-order chi connectivity index (χ1) is 10.6. The Bertz CT molecular complexity index is 591. The first-order valence-electron chi connectivity index (χ1n) is 7.27. The maximum Gasteiger partial charge on any atom is 0.313 e. The SMILES string of the molecule is CC(C)C(O)C(C)(C)CNC(=O)C(=O)Nc1cccc(Cl)c1F. The highest BCUT2D eigenvalue weighted by atomic mass is 35.5. The summed E-state index contributed by atoms with van der Waals surface area (Å²) in [6.07, 6.45) is -0.642. The first kappa shape index (κ1) is 19.4. The molecule has 7 heteroatoms. The van der Waals surface area contributed by atoms with Crippen LogP contribution >= 0.6 is 11.6 Å². The minimum Gasteiger partial charge on any atom is -0.392 e. The number of carbonyl (C=O) groups excluding carboxylic acids is 2. The lowest BCUT2D eigenvalue weighted by molar-refractivity contribution is -0.136. The van der Waals surface area contributed by atoms with Crippen LogP contribution < -0.4 is 10.6 Å². The summed E-state index contributed by atoms with van der Waals surface area (Å²) in [6, 6.07) is 4.10. The molecule has 2 amide bonds. The van der Waals surface area contributed by atoms with Crippen LogP contribution in [0.5, 0.6) is 0 Å². The summed E-state index contributed by atoms with van der Waals surface area (Å²) in [7, 11) is 0. The lowest BCUT2D eigenvalue weighted by Gasteiger charge is -2.33. The van der Waals surface area contributed by atoms with E-state index in [1.165, 1.54) is 18.2 Å². The number of hydrogen-bond donors (Lipinski definition) is 3. The standard InChI is InChI=1S/C16H22ClFN2O3/c1-9(2)13(21)16(3,4)8-19-14(22)15(23)20-11-7-5-6-10(17)12(11)18/h5-7,9,13,21H,8H2,1-4H3,(H,19,22)(H,20,23). The molecular weight excluding hydrogens is 323 g/mol. The summed E-state index contributed by atoms with van der Waals surface area (Å²) in [6.45, 7) is 7.40. The quantitative estimate of drug-likeness (QED) is 0.718. The second kappa shape index (κ2) is 7.75. The highest BCUT2D eigenvalue weighted by Crippen LogP contribution is 2.25. The van der Waals surface area contributed by atoms with Gasteiger partial charge in [-0.3, -0.25) is 9.59 Å². The van der Waals surface area contributed by atoms with Gasteiger partial charge in [-0.1, -0.05) is 45.4 Å². The maximum atomic E-state index is 13.7. The average molecular weight is 345 g/mol. The van der Waals surface area contributed by atoms with E-state index in [1.807, 2.05) is 13.8 Å². The summed E-state index contributed by atoms with van der Waals surface area (Å²) >= 11 is 5.61. The molecule has 0 aliphatic rings. The molecular formula is C16H22ClFN2O3. The van der Waals surface area contributed by atoms with Gasteiger partial charge in [-0.2, -0.15) is 0 Å². The number of carbonyl (C=O) groups is 2. The molecule has 1 rings (SSSR count). The second-order valence-electron chi connectivity index (χ2n) is 6.42. The van der Waals surface area contributed by atoms with Crippen molar-refractivity contribution >= 4 is 29.1 Å². The first-order valence-corrected chi connectivity index (χ1v) is 7.65. The molecule has 0 saturated carbocycles. The van der Waals surface area contributed by atoms with Crippen LogP contribution in [-0.2, 0) is 9.59 Å². The van der Waals surface area contributed by atoms with E-state index in [2.05, 4.69) is 10.6 Å². The van der Waals surface area contributed by atoms with E-state index < -0.39 is 29.2 Å². The van der Waals surface area contributed by atoms with E-state index in [9.17, 15) is 19.1 Å². The van der Waals surface area contributed by atoms with Gasteiger partial charge in [0.05, 0.1) is 16.8 Å². The van der Waals surface area contributed by atoms with Crippen LogP contribution in [0, 0.1) is 17.2 Å². The summed E-state index contributed by atoms with van der Waals surface area (Å²) in [5.41, 5.74) is -0.773. The van der Waals surface area contributed by atoms with Gasteiger partial charge in [-0.15, -0.1) is 0 Å². The van der Waals surface area contributed by atoms with Crippen molar-refractivity contribution < 1.29 is 19.1 Å². The largest absolute Gasteiger partial charge is 0.392 e. The van der Waals surface area contributed by atoms with Gasteiger partial charge in [-0.05, 0) is 18.1 Å². The molecule has 0 spiro atoms. The van der Waals surface area contributed by atoms with Crippen LogP contribution in [0.4, 0.5) is 10.1 Å². The van der Waals surface area contributed by atoms with E-state index in [0.717, 1.165) is 0 Å². The number of aliphatic hydroxyl groups excluding tert-OH is 1. The molecule has 0 aliphatic heterocycles. The van der Waals surface area contributed by atoms with Gasteiger partial charge in [0.15, 0.2) is 5.82 Å². The van der Waals surface area contributed by atoms with Gasteiger partial charge in [0, 0.05) is 12.0 Å². The summed E-state index contributed by atoms with van der Waals surface area (Å²) in [5.74, 6) is -2.70. The fraction of sp³-hybridized carbons (Fsp3) is 0.500. The molecule has 3 N–H and O–H groups in total. The zero-order chi connectivity index (χ0) is 17.8. The maximum absolute atomic E-state index is 13.7. The third-order valence-corrected chi connectivity index (χ3v) is 3.83. The van der Waals surface area contributed by atoms with Crippen molar-refractivity contribution in [1.29, 1.82) is 0 Å². The third kappa shape index (κ3) is 5.18. The number of aliphatic hydroxyl groups is 1. The van der Waals surface area contributed by atoms with Crippen molar-refractivity contribution in [2.24, 2.45) is 11.3 Å². The Kier molecular flexibility index (Phi) is 6.53. The number of hydrogen-bond acceptors (Lipinski definition) is 3. The van der Waals surface area contributed by atoms with Gasteiger partial charge in [0.1, 0.15) is 0 Å². The Morgan fingerprint density at radius 2 is 1.91 bits per heavy atom. The minimum atomic E-state index is -0.999. The Labute approximate surface area is 140 Å². The number of anilines is 1. The Hall–Kier alpha value is -1.66. The van der Waals surface area contributed by atoms with E-state index in [0.29, 0.717) is 0 Å². The highest BCUT2D eigenvalue weighted by Gasteiger charge is 2.31. The fourth-order valence-corrected chi connectivity index (χ4v) is 2.35. The van der Waals surface area contributed by atoms with Crippen molar-refractivity contribution in [2.75, 3.05) is 11.9 Å². The van der Waals surface area contributed by atoms with Crippen LogP contribution in [0.25, 0.3) is 0 Å². The van der Waals surface area contributed by atoms with Crippen LogP contribution in [0.1, 0.15) is 27.7 Å². The molecule has 0 saturated heterocycles. The predicted octanol–water partition coefficient (Wildman–Crippen LogP) is 2.58. The molecule has 1 unspecified atom stereocenters. The molecule has 0 aliphatic carbocycles. The normalized spacial score (nSPS) is 12.9. The Morgan fingerprint density at radius 1 is 1.30 bits per heavy atom. The molecule has 0 radical (unpaired) electrons. The van der Waals surface area contributed by atoms with Crippen molar-refractivity contribution in [3.05, 3.63) is 29.0 Å². The second-order valence-corrected chi connectivity index (χ2v) is 6.82. The molecule has 128 valence electrons. The minimum absolute atomic E-state index is 0.0104. The molecule has 23 heavy (non-hydrogen) atoms. The number of halogens is 2. The third-order valence-electron chi connectivity index (χ3n) is 3.54. The van der Waals surface area contributed by atoms with Crippen LogP contribution in [0.2, 0.25) is 5.02 Å². The lowest BCUT2D eigenvalue weighted by atomic mass is 9.81. The van der Waals surface area contributed by atoms with Gasteiger partial charge < -0.3 is 15.7 Å². The van der Waals surface area contributed by atoms with Crippen LogP contribution in [0.15, 0.2) is 18.2 Å². The molecule has 1 atom stereocenters. The van der Waals surface area contributed by atoms with E-state index in [1.54, 1.807) is 13.8 Å². The van der Waals surface area contributed by atoms with Crippen molar-refractivity contribution in [1.82, 2.24) is 5.32 Å². The number of benzene rings is 1. The smallest absolute Gasteiger partial charge is 0.313 e. The summed E-state index contributed by atoms with van der Waals surface area (Å²) in [4.78, 5) is 23.6. The van der Waals surface area contributed by atoms with Crippen molar-refractivity contribution in [3.63, 3.8) is 0 Å². The monoisotopic (exact) mass is 344 g/mol. The average Bonchev–Trinajstić information content (AvgIpc) is 2.48. The number of amides is 2. The van der Waals surface area contributed by atoms with Crippen LogP contribution in [-0.4, -0.2) is 29.6 Å². The Morgan fingerprint density at radius 3 is 2.48 bits per heavy atom. The van der Waals surface area contributed by atoms with E-state index in [4.69, 9.17) is 11.6 Å². The van der Waals surface area contributed by atoms with E-state index in [-0.39, 0.29) is 23.2 Å². The molecule has 0 bridgehead atoms. The van der Waals surface area contributed by atoms with Gasteiger partial charge in [-0.25, -0.2) is 4.39 Å². The van der Waals surface area contributed by atoms with Gasteiger partial charge in [0.25, 0.3) is 0 Å². The molecule has 0 heterocycles. The summed E-state index contributed by atoms with van der Waals surface area (Å²) < 4.78 is 13.7. The predicted molar refractivity (Wildman–Crippen MR) is 87.7 cm³/mol. The molecule has 1 aromatic carbocycles. The Balaban J connectivity index is 2.65. The zero-order valence-electron chi connectivity index (χ0n) is 13.6. The number of nitrogens with one attached hydrogen (secondary N) is 2. The zero-order valence-corrected chi connectivity index (χ0v) is 14.4. The van der Waals surface area contributed by atoms with Crippen LogP contribution in [0.3, 0.4) is 0 Å². The molecule has 0 aromatic heterocycles. The topological polar surface area (TPSA) is 78.4 Å².